The monoisotopic (exact) mass is 386 g/mol. The predicted molar refractivity (Wildman–Crippen MR) is 92.4 cm³/mol. The van der Waals surface area contributed by atoms with Crippen molar-refractivity contribution in [2.75, 3.05) is 12.4 Å². The van der Waals surface area contributed by atoms with Crippen LogP contribution in [0, 0.1) is 0 Å². The Labute approximate surface area is 149 Å². The normalized spacial score (nSPS) is 12.0. The molecule has 2 rings (SSSR count). The predicted octanol–water partition coefficient (Wildman–Crippen LogP) is 2.46. The first kappa shape index (κ1) is 19.2. The van der Waals surface area contributed by atoms with Gasteiger partial charge >= 0.3 is 5.97 Å². The SMILES string of the molecule is COC(=O)c1ccsc1NC(=O)c1ccc(S(=O)(=O)NC(C)(C)C)o1. The third-order valence-electron chi connectivity index (χ3n) is 2.81. The quantitative estimate of drug-likeness (QED) is 0.763. The Kier molecular flexibility index (Phi) is 5.35. The van der Waals surface area contributed by atoms with E-state index in [4.69, 9.17) is 4.42 Å². The molecule has 136 valence electrons. The van der Waals surface area contributed by atoms with Crippen molar-refractivity contribution in [1.29, 1.82) is 0 Å². The largest absolute Gasteiger partial charge is 0.465 e. The van der Waals surface area contributed by atoms with Crippen molar-refractivity contribution < 1.29 is 27.2 Å². The number of carbonyl (C=O) groups excluding carboxylic acids is 2. The number of sulfonamides is 1. The van der Waals surface area contributed by atoms with Gasteiger partial charge in [0.1, 0.15) is 5.00 Å². The number of hydrogen-bond donors (Lipinski definition) is 2. The first-order valence-electron chi connectivity index (χ1n) is 7.14. The second kappa shape index (κ2) is 6.98. The maximum atomic E-state index is 12.2. The van der Waals surface area contributed by atoms with Crippen LogP contribution in [0.2, 0.25) is 0 Å². The number of amides is 1. The highest BCUT2D eigenvalue weighted by molar-refractivity contribution is 7.89. The second-order valence-electron chi connectivity index (χ2n) is 6.08. The minimum Gasteiger partial charge on any atom is -0.465 e. The van der Waals surface area contributed by atoms with Crippen molar-refractivity contribution >= 4 is 38.2 Å². The average molecular weight is 386 g/mol. The average Bonchev–Trinajstić information content (AvgIpc) is 3.13. The van der Waals surface area contributed by atoms with Crippen LogP contribution in [0.3, 0.4) is 0 Å². The molecule has 0 aliphatic heterocycles. The number of anilines is 1. The molecule has 0 aromatic carbocycles. The van der Waals surface area contributed by atoms with Crippen molar-refractivity contribution in [3.05, 3.63) is 34.9 Å². The third kappa shape index (κ3) is 4.68. The molecule has 0 fully saturated rings. The van der Waals surface area contributed by atoms with Crippen molar-refractivity contribution in [2.24, 2.45) is 0 Å². The fourth-order valence-corrected chi connectivity index (χ4v) is 4.01. The number of ether oxygens (including phenoxy) is 1. The van der Waals surface area contributed by atoms with E-state index in [1.54, 1.807) is 26.2 Å². The summed E-state index contributed by atoms with van der Waals surface area (Å²) < 4.78 is 36.6. The fourth-order valence-electron chi connectivity index (χ4n) is 1.88. The molecule has 0 bridgehead atoms. The molecule has 2 heterocycles. The number of esters is 1. The Hall–Kier alpha value is -2.17. The molecule has 0 radical (unpaired) electrons. The van der Waals surface area contributed by atoms with Gasteiger partial charge in [-0.05, 0) is 44.4 Å². The van der Waals surface area contributed by atoms with Crippen molar-refractivity contribution in [2.45, 2.75) is 31.4 Å². The number of carbonyl (C=O) groups is 2. The molecule has 0 saturated heterocycles. The van der Waals surface area contributed by atoms with E-state index < -0.39 is 27.4 Å². The molecule has 0 spiro atoms. The first-order chi connectivity index (χ1) is 11.5. The van der Waals surface area contributed by atoms with E-state index in [2.05, 4.69) is 14.8 Å². The molecule has 1 amide bonds. The lowest BCUT2D eigenvalue weighted by Crippen LogP contribution is -2.40. The van der Waals surface area contributed by atoms with E-state index in [1.165, 1.54) is 25.3 Å². The summed E-state index contributed by atoms with van der Waals surface area (Å²) in [5.74, 6) is -1.46. The maximum Gasteiger partial charge on any atom is 0.340 e. The van der Waals surface area contributed by atoms with Gasteiger partial charge < -0.3 is 14.5 Å². The number of hydrogen-bond acceptors (Lipinski definition) is 7. The summed E-state index contributed by atoms with van der Waals surface area (Å²) >= 11 is 1.13. The third-order valence-corrected chi connectivity index (χ3v) is 5.27. The number of furan rings is 1. The lowest BCUT2D eigenvalue weighted by atomic mass is 10.1. The van der Waals surface area contributed by atoms with Crippen LogP contribution in [-0.2, 0) is 14.8 Å². The molecule has 2 aromatic rings. The van der Waals surface area contributed by atoms with Gasteiger partial charge in [-0.15, -0.1) is 11.3 Å². The van der Waals surface area contributed by atoms with Crippen LogP contribution >= 0.6 is 11.3 Å². The summed E-state index contributed by atoms with van der Waals surface area (Å²) in [5.41, 5.74) is -0.491. The van der Waals surface area contributed by atoms with Crippen LogP contribution in [0.4, 0.5) is 5.00 Å². The lowest BCUT2D eigenvalue weighted by Gasteiger charge is -2.18. The van der Waals surface area contributed by atoms with Gasteiger partial charge in [0, 0.05) is 5.54 Å². The summed E-state index contributed by atoms with van der Waals surface area (Å²) in [6.07, 6.45) is 0. The Morgan fingerprint density at radius 3 is 2.48 bits per heavy atom. The van der Waals surface area contributed by atoms with E-state index in [-0.39, 0.29) is 21.4 Å². The zero-order chi connectivity index (χ0) is 18.8. The summed E-state index contributed by atoms with van der Waals surface area (Å²) in [6.45, 7) is 5.06. The van der Waals surface area contributed by atoms with E-state index >= 15 is 0 Å². The minimum atomic E-state index is -3.89. The highest BCUT2D eigenvalue weighted by Crippen LogP contribution is 2.25. The van der Waals surface area contributed by atoms with Crippen LogP contribution in [0.5, 0.6) is 0 Å². The highest BCUT2D eigenvalue weighted by atomic mass is 32.2. The van der Waals surface area contributed by atoms with Gasteiger partial charge in [-0.3, -0.25) is 4.79 Å². The molecule has 10 heteroatoms. The Morgan fingerprint density at radius 2 is 1.88 bits per heavy atom. The molecule has 0 atom stereocenters. The molecular formula is C15H18N2O6S2. The molecule has 2 aromatic heterocycles. The van der Waals surface area contributed by atoms with Crippen LogP contribution in [0.25, 0.3) is 0 Å². The molecule has 0 unspecified atom stereocenters. The van der Waals surface area contributed by atoms with Gasteiger partial charge in [0.15, 0.2) is 5.76 Å². The maximum absolute atomic E-state index is 12.2. The lowest BCUT2D eigenvalue weighted by molar-refractivity contribution is 0.0602. The molecule has 8 nitrogen and oxygen atoms in total. The van der Waals surface area contributed by atoms with Crippen LogP contribution < -0.4 is 10.0 Å². The Bertz CT molecular complexity index is 889. The summed E-state index contributed by atoms with van der Waals surface area (Å²) in [5, 5.41) is 4.04. The van der Waals surface area contributed by atoms with E-state index in [0.29, 0.717) is 0 Å². The Morgan fingerprint density at radius 1 is 1.20 bits per heavy atom. The Balaban J connectivity index is 2.19. The summed E-state index contributed by atoms with van der Waals surface area (Å²) in [6, 6.07) is 3.95. The van der Waals surface area contributed by atoms with Crippen molar-refractivity contribution in [1.82, 2.24) is 4.72 Å². The van der Waals surface area contributed by atoms with Crippen LogP contribution in [-0.4, -0.2) is 32.9 Å². The van der Waals surface area contributed by atoms with E-state index in [0.717, 1.165) is 11.3 Å². The molecule has 0 saturated carbocycles. The number of rotatable bonds is 5. The van der Waals surface area contributed by atoms with E-state index in [1.807, 2.05) is 0 Å². The van der Waals surface area contributed by atoms with E-state index in [9.17, 15) is 18.0 Å². The number of methoxy groups -OCH3 is 1. The fraction of sp³-hybridized carbons (Fsp3) is 0.333. The standard InChI is InChI=1S/C15H18N2O6S2/c1-15(2,3)17-25(20,21)11-6-5-10(23-11)12(18)16-13-9(7-8-24-13)14(19)22-4/h5-8,17H,1-4H3,(H,16,18). The number of thiophene rings is 1. The van der Waals surface area contributed by atoms with Gasteiger partial charge in [0.05, 0.1) is 12.7 Å². The smallest absolute Gasteiger partial charge is 0.340 e. The van der Waals surface area contributed by atoms with Gasteiger partial charge in [0.25, 0.3) is 15.9 Å². The van der Waals surface area contributed by atoms with Crippen molar-refractivity contribution in [3.63, 3.8) is 0 Å². The second-order valence-corrected chi connectivity index (χ2v) is 8.61. The van der Waals surface area contributed by atoms with Gasteiger partial charge in [-0.1, -0.05) is 0 Å². The van der Waals surface area contributed by atoms with Crippen molar-refractivity contribution in [3.8, 4) is 0 Å². The van der Waals surface area contributed by atoms with Crippen LogP contribution in [0.15, 0.2) is 33.1 Å². The molecule has 2 N–H and O–H groups in total. The summed E-state index contributed by atoms with van der Waals surface area (Å²) in [4.78, 5) is 23.8. The van der Waals surface area contributed by atoms with Gasteiger partial charge in [-0.2, -0.15) is 0 Å². The minimum absolute atomic E-state index is 0.196. The van der Waals surface area contributed by atoms with Gasteiger partial charge in [-0.25, -0.2) is 17.9 Å². The molecule has 0 aliphatic rings. The number of nitrogens with one attached hydrogen (secondary N) is 2. The highest BCUT2D eigenvalue weighted by Gasteiger charge is 2.26. The molecule has 25 heavy (non-hydrogen) atoms. The molecular weight excluding hydrogens is 368 g/mol. The topological polar surface area (TPSA) is 115 Å². The van der Waals surface area contributed by atoms with Crippen LogP contribution in [0.1, 0.15) is 41.7 Å². The van der Waals surface area contributed by atoms with Gasteiger partial charge in [0.2, 0.25) is 5.09 Å². The molecule has 0 aliphatic carbocycles. The first-order valence-corrected chi connectivity index (χ1v) is 9.51. The summed E-state index contributed by atoms with van der Waals surface area (Å²) in [7, 11) is -2.65. The zero-order valence-electron chi connectivity index (χ0n) is 14.1. The zero-order valence-corrected chi connectivity index (χ0v) is 15.7.